The largest absolute Gasteiger partial charge is 0.346 e. The zero-order valence-corrected chi connectivity index (χ0v) is 11.8. The van der Waals surface area contributed by atoms with E-state index in [1.807, 2.05) is 6.07 Å². The molecule has 1 fully saturated rings. The molecule has 4 nitrogen and oxygen atoms in total. The fourth-order valence-electron chi connectivity index (χ4n) is 2.52. The van der Waals surface area contributed by atoms with Gasteiger partial charge in [0.15, 0.2) is 0 Å². The van der Waals surface area contributed by atoms with Gasteiger partial charge in [-0.3, -0.25) is 4.79 Å². The summed E-state index contributed by atoms with van der Waals surface area (Å²) in [7, 11) is 0. The van der Waals surface area contributed by atoms with Crippen molar-refractivity contribution in [1.82, 2.24) is 10.3 Å². The van der Waals surface area contributed by atoms with Gasteiger partial charge in [0.25, 0.3) is 5.91 Å². The normalized spacial score (nSPS) is 17.7. The van der Waals surface area contributed by atoms with Crippen LogP contribution in [0.5, 0.6) is 0 Å². The molecule has 0 aromatic carbocycles. The van der Waals surface area contributed by atoms with Crippen molar-refractivity contribution in [1.29, 1.82) is 0 Å². The van der Waals surface area contributed by atoms with E-state index in [-0.39, 0.29) is 11.9 Å². The van der Waals surface area contributed by atoms with Crippen molar-refractivity contribution in [2.24, 2.45) is 11.7 Å². The van der Waals surface area contributed by atoms with Crippen LogP contribution in [0.25, 0.3) is 0 Å². The molecule has 18 heavy (non-hydrogen) atoms. The number of nitrogens with zero attached hydrogens (tertiary/aromatic N) is 1. The molecule has 1 aliphatic carbocycles. The summed E-state index contributed by atoms with van der Waals surface area (Å²) < 4.78 is 0.713. The Hall–Kier alpha value is -0.940. The van der Waals surface area contributed by atoms with Crippen LogP contribution in [0.3, 0.4) is 0 Å². The number of pyridine rings is 1. The summed E-state index contributed by atoms with van der Waals surface area (Å²) in [6, 6.07) is 3.67. The Kier molecular flexibility index (Phi) is 4.72. The molecule has 1 heterocycles. The first-order valence-electron chi connectivity index (χ1n) is 6.34. The average Bonchev–Trinajstić information content (AvgIpc) is 2.90. The molecule has 1 aromatic heterocycles. The van der Waals surface area contributed by atoms with E-state index in [1.54, 1.807) is 12.3 Å². The van der Waals surface area contributed by atoms with Crippen LogP contribution < -0.4 is 11.1 Å². The quantitative estimate of drug-likeness (QED) is 0.894. The van der Waals surface area contributed by atoms with Gasteiger partial charge >= 0.3 is 0 Å². The standard InChI is InChI=1S/C13H18BrN3O/c14-10-6-3-7-16-12(10)13(18)17-11(8-15)9-4-1-2-5-9/h3,6-7,9,11H,1-2,4-5,8,15H2,(H,17,18). The van der Waals surface area contributed by atoms with Crippen molar-refractivity contribution in [2.45, 2.75) is 31.7 Å². The average molecular weight is 312 g/mol. The van der Waals surface area contributed by atoms with Crippen LogP contribution in [0.2, 0.25) is 0 Å². The molecule has 0 aliphatic heterocycles. The number of halogens is 1. The Bertz CT molecular complexity index is 418. The molecule has 0 saturated heterocycles. The minimum absolute atomic E-state index is 0.0638. The van der Waals surface area contributed by atoms with Crippen LogP contribution in [-0.2, 0) is 0 Å². The van der Waals surface area contributed by atoms with Crippen molar-refractivity contribution >= 4 is 21.8 Å². The van der Waals surface area contributed by atoms with Crippen molar-refractivity contribution < 1.29 is 4.79 Å². The van der Waals surface area contributed by atoms with E-state index >= 15 is 0 Å². The highest BCUT2D eigenvalue weighted by Gasteiger charge is 2.26. The smallest absolute Gasteiger partial charge is 0.271 e. The lowest BCUT2D eigenvalue weighted by atomic mass is 9.98. The van der Waals surface area contributed by atoms with Gasteiger partial charge < -0.3 is 11.1 Å². The summed E-state index contributed by atoms with van der Waals surface area (Å²) in [4.78, 5) is 16.2. The third-order valence-corrected chi connectivity index (χ3v) is 4.15. The first kappa shape index (κ1) is 13.5. The minimum Gasteiger partial charge on any atom is -0.346 e. The zero-order valence-electron chi connectivity index (χ0n) is 10.2. The SMILES string of the molecule is NCC(NC(=O)c1ncccc1Br)C1CCCC1. The molecular formula is C13H18BrN3O. The summed E-state index contributed by atoms with van der Waals surface area (Å²) in [6.07, 6.45) is 6.42. The number of hydrogen-bond acceptors (Lipinski definition) is 3. The Morgan fingerprint density at radius 1 is 1.56 bits per heavy atom. The van der Waals surface area contributed by atoms with E-state index in [2.05, 4.69) is 26.2 Å². The van der Waals surface area contributed by atoms with Crippen LogP contribution >= 0.6 is 15.9 Å². The van der Waals surface area contributed by atoms with E-state index in [4.69, 9.17) is 5.73 Å². The van der Waals surface area contributed by atoms with Gasteiger partial charge in [0.05, 0.1) is 0 Å². The molecule has 1 saturated carbocycles. The Labute approximate surface area is 115 Å². The number of rotatable bonds is 4. The number of carbonyl (C=O) groups is 1. The summed E-state index contributed by atoms with van der Waals surface area (Å²) in [5.74, 6) is 0.367. The predicted molar refractivity (Wildman–Crippen MR) is 74.2 cm³/mol. The van der Waals surface area contributed by atoms with E-state index in [9.17, 15) is 4.79 Å². The summed E-state index contributed by atoms with van der Waals surface area (Å²) >= 11 is 3.34. The molecule has 1 aliphatic rings. The maximum atomic E-state index is 12.1. The summed E-state index contributed by atoms with van der Waals surface area (Å²) in [6.45, 7) is 0.487. The lowest BCUT2D eigenvalue weighted by Gasteiger charge is -2.23. The molecule has 1 atom stereocenters. The van der Waals surface area contributed by atoms with Crippen LogP contribution in [0.1, 0.15) is 36.2 Å². The molecule has 1 unspecified atom stereocenters. The molecule has 98 valence electrons. The van der Waals surface area contributed by atoms with Crippen LogP contribution in [0, 0.1) is 5.92 Å². The topological polar surface area (TPSA) is 68.0 Å². The molecule has 1 aromatic rings. The molecule has 0 spiro atoms. The van der Waals surface area contributed by atoms with Gasteiger partial charge in [-0.2, -0.15) is 0 Å². The molecule has 0 radical (unpaired) electrons. The highest BCUT2D eigenvalue weighted by molar-refractivity contribution is 9.10. The molecular weight excluding hydrogens is 294 g/mol. The molecule has 5 heteroatoms. The monoisotopic (exact) mass is 311 g/mol. The van der Waals surface area contributed by atoms with E-state index < -0.39 is 0 Å². The van der Waals surface area contributed by atoms with E-state index in [0.717, 1.165) is 12.8 Å². The van der Waals surface area contributed by atoms with Gasteiger partial charge in [0, 0.05) is 23.3 Å². The van der Waals surface area contributed by atoms with Crippen LogP contribution in [-0.4, -0.2) is 23.5 Å². The fourth-order valence-corrected chi connectivity index (χ4v) is 2.95. The first-order valence-corrected chi connectivity index (χ1v) is 7.13. The van der Waals surface area contributed by atoms with Gasteiger partial charge in [-0.1, -0.05) is 12.8 Å². The molecule has 1 amide bonds. The van der Waals surface area contributed by atoms with Gasteiger partial charge in [-0.05, 0) is 46.8 Å². The number of aromatic nitrogens is 1. The minimum atomic E-state index is -0.148. The third kappa shape index (κ3) is 3.09. The van der Waals surface area contributed by atoms with Crippen molar-refractivity contribution in [3.8, 4) is 0 Å². The van der Waals surface area contributed by atoms with E-state index in [1.165, 1.54) is 12.8 Å². The Balaban J connectivity index is 2.03. The Morgan fingerprint density at radius 3 is 2.89 bits per heavy atom. The third-order valence-electron chi connectivity index (χ3n) is 3.51. The number of nitrogens with one attached hydrogen (secondary N) is 1. The van der Waals surface area contributed by atoms with E-state index in [0.29, 0.717) is 22.6 Å². The molecule has 2 rings (SSSR count). The van der Waals surface area contributed by atoms with Crippen LogP contribution in [0.4, 0.5) is 0 Å². The second kappa shape index (κ2) is 6.29. The number of nitrogens with two attached hydrogens (primary N) is 1. The Morgan fingerprint density at radius 2 is 2.28 bits per heavy atom. The first-order chi connectivity index (χ1) is 8.72. The second-order valence-corrected chi connectivity index (χ2v) is 5.55. The van der Waals surface area contributed by atoms with Gasteiger partial charge in [0.2, 0.25) is 0 Å². The maximum Gasteiger partial charge on any atom is 0.271 e. The van der Waals surface area contributed by atoms with Crippen molar-refractivity contribution in [3.63, 3.8) is 0 Å². The van der Waals surface area contributed by atoms with Crippen LogP contribution in [0.15, 0.2) is 22.8 Å². The fraction of sp³-hybridized carbons (Fsp3) is 0.538. The number of amides is 1. The summed E-state index contributed by atoms with van der Waals surface area (Å²) in [5, 5.41) is 3.01. The number of hydrogen-bond donors (Lipinski definition) is 2. The zero-order chi connectivity index (χ0) is 13.0. The summed E-state index contributed by atoms with van der Waals surface area (Å²) in [5.41, 5.74) is 6.20. The predicted octanol–water partition coefficient (Wildman–Crippen LogP) is 2.09. The highest BCUT2D eigenvalue weighted by atomic mass is 79.9. The highest BCUT2D eigenvalue weighted by Crippen LogP contribution is 2.27. The second-order valence-electron chi connectivity index (χ2n) is 4.69. The lowest BCUT2D eigenvalue weighted by Crippen LogP contribution is -2.44. The maximum absolute atomic E-state index is 12.1. The van der Waals surface area contributed by atoms with Gasteiger partial charge in [-0.15, -0.1) is 0 Å². The molecule has 0 bridgehead atoms. The van der Waals surface area contributed by atoms with Gasteiger partial charge in [0.1, 0.15) is 5.69 Å². The van der Waals surface area contributed by atoms with Crippen molar-refractivity contribution in [2.75, 3.05) is 6.54 Å². The lowest BCUT2D eigenvalue weighted by molar-refractivity contribution is 0.0918. The van der Waals surface area contributed by atoms with Gasteiger partial charge in [-0.25, -0.2) is 4.98 Å². The number of carbonyl (C=O) groups excluding carboxylic acids is 1. The molecule has 3 N–H and O–H groups in total. The van der Waals surface area contributed by atoms with Crippen molar-refractivity contribution in [3.05, 3.63) is 28.5 Å².